The molecule has 1 aliphatic heterocycles. The zero-order chi connectivity index (χ0) is 17.5. The molecule has 1 saturated heterocycles. The lowest BCUT2D eigenvalue weighted by atomic mass is 10.1. The first-order chi connectivity index (χ1) is 12.3. The molecule has 0 spiro atoms. The van der Waals surface area contributed by atoms with E-state index in [2.05, 4.69) is 33.5 Å². The van der Waals surface area contributed by atoms with Crippen LogP contribution in [-0.4, -0.2) is 24.1 Å². The van der Waals surface area contributed by atoms with Gasteiger partial charge in [0.05, 0.1) is 0 Å². The van der Waals surface area contributed by atoms with E-state index in [1.54, 1.807) is 0 Å². The van der Waals surface area contributed by atoms with E-state index in [0.29, 0.717) is 6.54 Å². The monoisotopic (exact) mass is 338 g/mol. The first-order valence-corrected chi connectivity index (χ1v) is 9.09. The fourth-order valence-electron chi connectivity index (χ4n) is 3.18. The van der Waals surface area contributed by atoms with E-state index in [1.165, 1.54) is 24.8 Å². The summed E-state index contributed by atoms with van der Waals surface area (Å²) in [5, 5.41) is 5.85. The number of nitrogens with one attached hydrogen (secondary N) is 2. The molecule has 2 aromatic rings. The van der Waals surface area contributed by atoms with E-state index in [9.17, 15) is 4.79 Å². The number of urea groups is 1. The van der Waals surface area contributed by atoms with Gasteiger partial charge in [0.2, 0.25) is 0 Å². The topological polar surface area (TPSA) is 57.3 Å². The summed E-state index contributed by atoms with van der Waals surface area (Å²) in [6.45, 7) is 4.66. The standard InChI is InChI=1S/C20H26N4O/c1-2-16-8-6-10-18(14-16)23-20(25)22-15-17-9-7-11-21-19(17)24-12-4-3-5-13-24/h6-11,14H,2-5,12-13,15H2,1H3,(H2,22,23,25). The Morgan fingerprint density at radius 2 is 2.00 bits per heavy atom. The van der Waals surface area contributed by atoms with Crippen molar-refractivity contribution in [3.8, 4) is 0 Å². The highest BCUT2D eigenvalue weighted by Gasteiger charge is 2.15. The van der Waals surface area contributed by atoms with Crippen LogP contribution in [0.2, 0.25) is 0 Å². The number of hydrogen-bond donors (Lipinski definition) is 2. The van der Waals surface area contributed by atoms with Gasteiger partial charge in [-0.1, -0.05) is 25.1 Å². The predicted octanol–water partition coefficient (Wildman–Crippen LogP) is 3.96. The van der Waals surface area contributed by atoms with E-state index in [4.69, 9.17) is 0 Å². The molecule has 3 rings (SSSR count). The predicted molar refractivity (Wildman–Crippen MR) is 102 cm³/mol. The molecule has 25 heavy (non-hydrogen) atoms. The van der Waals surface area contributed by atoms with Crippen LogP contribution in [0.4, 0.5) is 16.3 Å². The summed E-state index contributed by atoms with van der Waals surface area (Å²) in [5.41, 5.74) is 3.08. The molecule has 132 valence electrons. The van der Waals surface area contributed by atoms with Crippen molar-refractivity contribution in [1.29, 1.82) is 0 Å². The molecule has 1 fully saturated rings. The Morgan fingerprint density at radius 1 is 1.16 bits per heavy atom. The fraction of sp³-hybridized carbons (Fsp3) is 0.400. The highest BCUT2D eigenvalue weighted by atomic mass is 16.2. The Morgan fingerprint density at radius 3 is 2.80 bits per heavy atom. The molecule has 1 aromatic heterocycles. The first kappa shape index (κ1) is 17.3. The van der Waals surface area contributed by atoms with Crippen molar-refractivity contribution < 1.29 is 4.79 Å². The second-order valence-electron chi connectivity index (χ2n) is 6.40. The van der Waals surface area contributed by atoms with Gasteiger partial charge in [0.1, 0.15) is 5.82 Å². The SMILES string of the molecule is CCc1cccc(NC(=O)NCc2cccnc2N2CCCCC2)c1. The third kappa shape index (κ3) is 4.72. The molecule has 5 nitrogen and oxygen atoms in total. The summed E-state index contributed by atoms with van der Waals surface area (Å²) in [5.74, 6) is 0.996. The molecule has 0 atom stereocenters. The van der Waals surface area contributed by atoms with E-state index in [0.717, 1.165) is 36.6 Å². The minimum absolute atomic E-state index is 0.193. The number of aromatic nitrogens is 1. The summed E-state index contributed by atoms with van der Waals surface area (Å²) < 4.78 is 0. The average molecular weight is 338 g/mol. The van der Waals surface area contributed by atoms with Crippen LogP contribution in [0.15, 0.2) is 42.6 Å². The number of benzene rings is 1. The molecule has 0 bridgehead atoms. The summed E-state index contributed by atoms with van der Waals surface area (Å²) in [7, 11) is 0. The number of pyridine rings is 1. The number of hydrogen-bond acceptors (Lipinski definition) is 3. The molecule has 5 heteroatoms. The minimum Gasteiger partial charge on any atom is -0.356 e. The lowest BCUT2D eigenvalue weighted by molar-refractivity contribution is 0.251. The Labute approximate surface area is 149 Å². The van der Waals surface area contributed by atoms with E-state index in [1.807, 2.05) is 36.5 Å². The molecule has 1 aliphatic rings. The number of anilines is 2. The second-order valence-corrected chi connectivity index (χ2v) is 6.40. The highest BCUT2D eigenvalue weighted by Crippen LogP contribution is 2.21. The molecule has 0 radical (unpaired) electrons. The van der Waals surface area contributed by atoms with Crippen LogP contribution >= 0.6 is 0 Å². The lowest BCUT2D eigenvalue weighted by Gasteiger charge is -2.29. The second kappa shape index (κ2) is 8.51. The van der Waals surface area contributed by atoms with Gasteiger partial charge in [0, 0.05) is 37.1 Å². The molecular formula is C20H26N4O. The van der Waals surface area contributed by atoms with Crippen LogP contribution in [0.3, 0.4) is 0 Å². The summed E-state index contributed by atoms with van der Waals surface area (Å²) >= 11 is 0. The van der Waals surface area contributed by atoms with Crippen LogP contribution in [0.1, 0.15) is 37.3 Å². The Bertz CT molecular complexity index is 710. The van der Waals surface area contributed by atoms with Crippen molar-refractivity contribution in [3.05, 3.63) is 53.7 Å². The highest BCUT2D eigenvalue weighted by molar-refractivity contribution is 5.89. The van der Waals surface area contributed by atoms with Gasteiger partial charge in [-0.25, -0.2) is 9.78 Å². The number of amides is 2. The van der Waals surface area contributed by atoms with Crippen molar-refractivity contribution in [1.82, 2.24) is 10.3 Å². The van der Waals surface area contributed by atoms with Gasteiger partial charge < -0.3 is 15.5 Å². The van der Waals surface area contributed by atoms with Gasteiger partial charge >= 0.3 is 6.03 Å². The molecule has 2 heterocycles. The third-order valence-corrected chi connectivity index (χ3v) is 4.56. The smallest absolute Gasteiger partial charge is 0.319 e. The Hall–Kier alpha value is -2.56. The number of aryl methyl sites for hydroxylation is 1. The van der Waals surface area contributed by atoms with Crippen LogP contribution in [0.5, 0.6) is 0 Å². The normalized spacial score (nSPS) is 14.2. The van der Waals surface area contributed by atoms with Gasteiger partial charge in [-0.3, -0.25) is 0 Å². The largest absolute Gasteiger partial charge is 0.356 e. The van der Waals surface area contributed by atoms with Crippen molar-refractivity contribution in [2.75, 3.05) is 23.3 Å². The average Bonchev–Trinajstić information content (AvgIpc) is 2.67. The zero-order valence-corrected chi connectivity index (χ0v) is 14.8. The molecule has 0 unspecified atom stereocenters. The van der Waals surface area contributed by atoms with E-state index < -0.39 is 0 Å². The van der Waals surface area contributed by atoms with E-state index >= 15 is 0 Å². The minimum atomic E-state index is -0.193. The van der Waals surface area contributed by atoms with Gasteiger partial charge in [-0.15, -0.1) is 0 Å². The van der Waals surface area contributed by atoms with E-state index in [-0.39, 0.29) is 6.03 Å². The zero-order valence-electron chi connectivity index (χ0n) is 14.8. The number of carbonyl (C=O) groups excluding carboxylic acids is 1. The van der Waals surface area contributed by atoms with Gasteiger partial charge in [-0.05, 0) is 49.4 Å². The van der Waals surface area contributed by atoms with Crippen LogP contribution in [0.25, 0.3) is 0 Å². The molecule has 1 aromatic carbocycles. The Balaban J connectivity index is 1.60. The van der Waals surface area contributed by atoms with Crippen molar-refractivity contribution in [3.63, 3.8) is 0 Å². The summed E-state index contributed by atoms with van der Waals surface area (Å²) in [4.78, 5) is 19.1. The molecular weight excluding hydrogens is 312 g/mol. The maximum absolute atomic E-state index is 12.2. The van der Waals surface area contributed by atoms with Crippen molar-refractivity contribution in [2.24, 2.45) is 0 Å². The maximum atomic E-state index is 12.2. The fourth-order valence-corrected chi connectivity index (χ4v) is 3.18. The maximum Gasteiger partial charge on any atom is 0.319 e. The summed E-state index contributed by atoms with van der Waals surface area (Å²) in [6, 6.07) is 11.7. The molecule has 0 aliphatic carbocycles. The van der Waals surface area contributed by atoms with Gasteiger partial charge in [-0.2, -0.15) is 0 Å². The number of piperidine rings is 1. The van der Waals surface area contributed by atoms with Crippen LogP contribution in [-0.2, 0) is 13.0 Å². The van der Waals surface area contributed by atoms with Crippen molar-refractivity contribution in [2.45, 2.75) is 39.2 Å². The van der Waals surface area contributed by atoms with Crippen molar-refractivity contribution >= 4 is 17.5 Å². The molecule has 2 amide bonds. The third-order valence-electron chi connectivity index (χ3n) is 4.56. The van der Waals surface area contributed by atoms with Gasteiger partial charge in [0.25, 0.3) is 0 Å². The summed E-state index contributed by atoms with van der Waals surface area (Å²) in [6.07, 6.45) is 6.47. The quantitative estimate of drug-likeness (QED) is 0.868. The van der Waals surface area contributed by atoms with Gasteiger partial charge in [0.15, 0.2) is 0 Å². The van der Waals surface area contributed by atoms with Crippen LogP contribution < -0.4 is 15.5 Å². The number of carbonyl (C=O) groups is 1. The molecule has 2 N–H and O–H groups in total. The number of rotatable bonds is 5. The molecule has 0 saturated carbocycles. The number of nitrogens with zero attached hydrogens (tertiary/aromatic N) is 2. The Kier molecular flexibility index (Phi) is 5.88. The first-order valence-electron chi connectivity index (χ1n) is 9.09. The lowest BCUT2D eigenvalue weighted by Crippen LogP contribution is -2.33. The van der Waals surface area contributed by atoms with Crippen LogP contribution in [0, 0.1) is 0 Å².